The standard InChI is InChI=1S/C28H29ClN4O2/c1-2-14-33-26(22-10-3-4-11-23(22)28(33)35)30-21-9-7-8-20(19-21)27(34)32-17-15-31(16-18-32)25-13-6-5-12-24(25)29/h3-13,19,26,30H,2,14-18H2,1H3. The highest BCUT2D eigenvalue weighted by Gasteiger charge is 2.36. The molecule has 0 saturated carbocycles. The van der Waals surface area contributed by atoms with Crippen LogP contribution in [0.4, 0.5) is 11.4 Å². The number of hydrogen-bond acceptors (Lipinski definition) is 4. The van der Waals surface area contributed by atoms with Gasteiger partial charge in [-0.3, -0.25) is 9.59 Å². The number of carbonyl (C=O) groups is 2. The molecule has 2 aliphatic rings. The third-order valence-corrected chi connectivity index (χ3v) is 7.02. The van der Waals surface area contributed by atoms with Gasteiger partial charge in [0.15, 0.2) is 0 Å². The summed E-state index contributed by atoms with van der Waals surface area (Å²) in [5.74, 6) is 0.0596. The third kappa shape index (κ3) is 4.58. The number of para-hydroxylation sites is 1. The predicted molar refractivity (Wildman–Crippen MR) is 140 cm³/mol. The van der Waals surface area contributed by atoms with Crippen molar-refractivity contribution in [1.29, 1.82) is 0 Å². The molecular weight excluding hydrogens is 460 g/mol. The van der Waals surface area contributed by atoms with E-state index in [1.54, 1.807) is 0 Å². The van der Waals surface area contributed by atoms with E-state index in [2.05, 4.69) is 17.1 Å². The molecule has 1 fully saturated rings. The van der Waals surface area contributed by atoms with E-state index in [9.17, 15) is 9.59 Å². The average molecular weight is 489 g/mol. The molecule has 35 heavy (non-hydrogen) atoms. The van der Waals surface area contributed by atoms with Gasteiger partial charge in [0.05, 0.1) is 10.7 Å². The number of piperazine rings is 1. The summed E-state index contributed by atoms with van der Waals surface area (Å²) in [6, 6.07) is 23.1. The average Bonchev–Trinajstić information content (AvgIpc) is 3.15. The second-order valence-corrected chi connectivity index (χ2v) is 9.35. The molecule has 3 aromatic carbocycles. The zero-order valence-electron chi connectivity index (χ0n) is 19.8. The summed E-state index contributed by atoms with van der Waals surface area (Å²) in [5.41, 5.74) is 4.18. The molecule has 0 bridgehead atoms. The van der Waals surface area contributed by atoms with Crippen LogP contribution in [0.15, 0.2) is 72.8 Å². The number of nitrogens with one attached hydrogen (secondary N) is 1. The molecule has 180 valence electrons. The zero-order valence-corrected chi connectivity index (χ0v) is 20.5. The second-order valence-electron chi connectivity index (χ2n) is 8.94. The molecule has 0 aliphatic carbocycles. The largest absolute Gasteiger partial charge is 0.367 e. The number of nitrogens with zero attached hydrogens (tertiary/aromatic N) is 3. The number of fused-ring (bicyclic) bond motifs is 1. The quantitative estimate of drug-likeness (QED) is 0.513. The fraction of sp³-hybridized carbons (Fsp3) is 0.286. The summed E-state index contributed by atoms with van der Waals surface area (Å²) in [6.07, 6.45) is 0.625. The van der Waals surface area contributed by atoms with Crippen LogP contribution in [-0.2, 0) is 0 Å². The first-order valence-corrected chi connectivity index (χ1v) is 12.5. The van der Waals surface area contributed by atoms with Gasteiger partial charge in [-0.2, -0.15) is 0 Å². The summed E-state index contributed by atoms with van der Waals surface area (Å²) in [4.78, 5) is 32.2. The Morgan fingerprint density at radius 2 is 1.71 bits per heavy atom. The first kappa shape index (κ1) is 23.2. The Morgan fingerprint density at radius 3 is 2.49 bits per heavy atom. The molecule has 5 rings (SSSR count). The minimum Gasteiger partial charge on any atom is -0.367 e. The Bertz CT molecular complexity index is 1240. The second kappa shape index (κ2) is 10.0. The summed E-state index contributed by atoms with van der Waals surface area (Å²) < 4.78 is 0. The van der Waals surface area contributed by atoms with E-state index in [1.807, 2.05) is 82.6 Å². The molecular formula is C28H29ClN4O2. The number of amides is 2. The van der Waals surface area contributed by atoms with Crippen LogP contribution in [0.3, 0.4) is 0 Å². The van der Waals surface area contributed by atoms with Gasteiger partial charge in [-0.05, 0) is 42.8 Å². The van der Waals surface area contributed by atoms with Crippen molar-refractivity contribution in [3.05, 3.63) is 94.5 Å². The number of benzene rings is 3. The van der Waals surface area contributed by atoms with Crippen LogP contribution < -0.4 is 10.2 Å². The van der Waals surface area contributed by atoms with Gasteiger partial charge in [-0.15, -0.1) is 0 Å². The Hall–Kier alpha value is -3.51. The first-order valence-electron chi connectivity index (χ1n) is 12.1. The number of rotatable bonds is 6. The van der Waals surface area contributed by atoms with E-state index in [0.717, 1.165) is 47.0 Å². The predicted octanol–water partition coefficient (Wildman–Crippen LogP) is 5.28. The summed E-state index contributed by atoms with van der Waals surface area (Å²) in [5, 5.41) is 4.24. The van der Waals surface area contributed by atoms with E-state index >= 15 is 0 Å². The van der Waals surface area contributed by atoms with Crippen molar-refractivity contribution in [2.75, 3.05) is 42.9 Å². The van der Waals surface area contributed by atoms with Gasteiger partial charge >= 0.3 is 0 Å². The highest BCUT2D eigenvalue weighted by atomic mass is 35.5. The van der Waals surface area contributed by atoms with Crippen molar-refractivity contribution in [3.8, 4) is 0 Å². The minimum absolute atomic E-state index is 0.0146. The molecule has 1 unspecified atom stereocenters. The summed E-state index contributed by atoms with van der Waals surface area (Å²) >= 11 is 6.36. The topological polar surface area (TPSA) is 55.9 Å². The van der Waals surface area contributed by atoms with Crippen molar-refractivity contribution >= 4 is 34.8 Å². The van der Waals surface area contributed by atoms with Gasteiger partial charge in [0.1, 0.15) is 6.17 Å². The zero-order chi connectivity index (χ0) is 24.4. The summed E-state index contributed by atoms with van der Waals surface area (Å²) in [7, 11) is 0. The van der Waals surface area contributed by atoms with Crippen LogP contribution in [0.5, 0.6) is 0 Å². The molecule has 0 aromatic heterocycles. The maximum Gasteiger partial charge on any atom is 0.256 e. The highest BCUT2D eigenvalue weighted by molar-refractivity contribution is 6.33. The molecule has 2 aliphatic heterocycles. The molecule has 1 saturated heterocycles. The fourth-order valence-electron chi connectivity index (χ4n) is 4.94. The van der Waals surface area contributed by atoms with E-state index in [0.29, 0.717) is 25.2 Å². The molecule has 2 heterocycles. The molecule has 2 amide bonds. The fourth-order valence-corrected chi connectivity index (χ4v) is 5.19. The van der Waals surface area contributed by atoms with Crippen molar-refractivity contribution in [2.45, 2.75) is 19.5 Å². The highest BCUT2D eigenvalue weighted by Crippen LogP contribution is 2.34. The number of halogens is 1. The van der Waals surface area contributed by atoms with Crippen LogP contribution in [0.25, 0.3) is 0 Å². The van der Waals surface area contributed by atoms with Crippen LogP contribution >= 0.6 is 11.6 Å². The monoisotopic (exact) mass is 488 g/mol. The maximum absolute atomic E-state index is 13.3. The lowest BCUT2D eigenvalue weighted by Gasteiger charge is -2.36. The normalized spacial score (nSPS) is 17.5. The molecule has 1 atom stereocenters. The van der Waals surface area contributed by atoms with Crippen molar-refractivity contribution in [2.24, 2.45) is 0 Å². The lowest BCUT2D eigenvalue weighted by Crippen LogP contribution is -2.48. The third-order valence-electron chi connectivity index (χ3n) is 6.70. The van der Waals surface area contributed by atoms with Crippen LogP contribution in [0, 0.1) is 0 Å². The molecule has 6 nitrogen and oxygen atoms in total. The Kier molecular flexibility index (Phi) is 6.64. The summed E-state index contributed by atoms with van der Waals surface area (Å²) in [6.45, 7) is 5.48. The minimum atomic E-state index is -0.247. The van der Waals surface area contributed by atoms with E-state index < -0.39 is 0 Å². The molecule has 0 spiro atoms. The van der Waals surface area contributed by atoms with Crippen molar-refractivity contribution in [1.82, 2.24) is 9.80 Å². The van der Waals surface area contributed by atoms with Gasteiger partial charge in [-0.25, -0.2) is 0 Å². The Morgan fingerprint density at radius 1 is 0.971 bits per heavy atom. The lowest BCUT2D eigenvalue weighted by atomic mass is 10.1. The first-order chi connectivity index (χ1) is 17.1. The van der Waals surface area contributed by atoms with Crippen molar-refractivity contribution in [3.63, 3.8) is 0 Å². The molecule has 3 aromatic rings. The Labute approximate surface area is 211 Å². The SMILES string of the molecule is CCCN1C(=O)c2ccccc2C1Nc1cccc(C(=O)N2CCN(c3ccccc3Cl)CC2)c1. The van der Waals surface area contributed by atoms with E-state index in [-0.39, 0.29) is 18.0 Å². The van der Waals surface area contributed by atoms with Gasteiger partial charge in [-0.1, -0.05) is 54.9 Å². The van der Waals surface area contributed by atoms with E-state index in [1.165, 1.54) is 0 Å². The molecule has 1 N–H and O–H groups in total. The van der Waals surface area contributed by atoms with Gasteiger partial charge < -0.3 is 20.0 Å². The lowest BCUT2D eigenvalue weighted by molar-refractivity contribution is 0.0735. The number of carbonyl (C=O) groups excluding carboxylic acids is 2. The van der Waals surface area contributed by atoms with Crippen LogP contribution in [0.1, 0.15) is 45.8 Å². The van der Waals surface area contributed by atoms with Gasteiger partial charge in [0.2, 0.25) is 0 Å². The molecule has 0 radical (unpaired) electrons. The smallest absolute Gasteiger partial charge is 0.256 e. The molecule has 7 heteroatoms. The van der Waals surface area contributed by atoms with Crippen LogP contribution in [0.2, 0.25) is 5.02 Å². The maximum atomic E-state index is 13.3. The number of hydrogen-bond donors (Lipinski definition) is 1. The van der Waals surface area contributed by atoms with Crippen LogP contribution in [-0.4, -0.2) is 54.3 Å². The van der Waals surface area contributed by atoms with Gasteiger partial charge in [0, 0.05) is 55.1 Å². The van der Waals surface area contributed by atoms with Gasteiger partial charge in [0.25, 0.3) is 11.8 Å². The van der Waals surface area contributed by atoms with E-state index in [4.69, 9.17) is 11.6 Å². The Balaban J connectivity index is 1.29. The number of anilines is 2. The van der Waals surface area contributed by atoms with Crippen molar-refractivity contribution < 1.29 is 9.59 Å².